The van der Waals surface area contributed by atoms with Gasteiger partial charge >= 0.3 is 0 Å². The minimum atomic E-state index is -0.616. The molecule has 1 heterocycles. The summed E-state index contributed by atoms with van der Waals surface area (Å²) in [6.45, 7) is 0. The molecule has 0 aliphatic heterocycles. The van der Waals surface area contributed by atoms with Gasteiger partial charge in [0.05, 0.1) is 13.3 Å². The number of carbonyl (C=O) groups is 1. The molecule has 0 spiro atoms. The number of rotatable bonds is 3. The molecule has 0 bridgehead atoms. The zero-order chi connectivity index (χ0) is 9.84. The molecular weight excluding hydrogens is 190 g/mol. The molecule has 1 aromatic heterocycles. The largest absolute Gasteiger partial charge is 0.493 e. The average Bonchev–Trinajstić information content (AvgIpc) is 2.16. The van der Waals surface area contributed by atoms with Crippen molar-refractivity contribution in [1.82, 2.24) is 9.97 Å². The lowest BCUT2D eigenvalue weighted by Crippen LogP contribution is -2.15. The van der Waals surface area contributed by atoms with Gasteiger partial charge in [0.2, 0.25) is 0 Å². The zero-order valence-electron chi connectivity index (χ0n) is 7.27. The summed E-state index contributed by atoms with van der Waals surface area (Å²) in [6, 6.07) is 0. The lowest BCUT2D eigenvalue weighted by molar-refractivity contribution is 0.0991. The maximum absolute atomic E-state index is 10.9. The summed E-state index contributed by atoms with van der Waals surface area (Å²) in [5.74, 6) is -0.320. The topological polar surface area (TPSA) is 78.1 Å². The molecule has 1 rings (SSSR count). The molecule has 5 nitrogen and oxygen atoms in total. The number of amides is 1. The van der Waals surface area contributed by atoms with Crippen LogP contribution in [0.3, 0.4) is 0 Å². The molecule has 0 aliphatic rings. The van der Waals surface area contributed by atoms with E-state index in [9.17, 15) is 4.79 Å². The van der Waals surface area contributed by atoms with Crippen LogP contribution in [0, 0.1) is 0 Å². The number of carbonyl (C=O) groups excluding carboxylic acids is 1. The summed E-state index contributed by atoms with van der Waals surface area (Å²) in [6.07, 6.45) is 3.24. The highest BCUT2D eigenvalue weighted by Gasteiger charge is 2.11. The number of nitrogens with zero attached hydrogens (tertiary/aromatic N) is 2. The number of nitrogens with two attached hydrogens (primary N) is 1. The quantitative estimate of drug-likeness (QED) is 0.559. The smallest absolute Gasteiger partial charge is 0.271 e. The third-order valence-electron chi connectivity index (χ3n) is 1.37. The van der Waals surface area contributed by atoms with Crippen LogP contribution in [0.4, 0.5) is 0 Å². The van der Waals surface area contributed by atoms with Gasteiger partial charge in [0.1, 0.15) is 0 Å². The van der Waals surface area contributed by atoms with E-state index in [4.69, 9.17) is 10.5 Å². The Labute approximate surface area is 79.7 Å². The summed E-state index contributed by atoms with van der Waals surface area (Å²) >= 11 is 1.33. The number of primary amides is 1. The molecule has 0 fully saturated rings. The van der Waals surface area contributed by atoms with Crippen LogP contribution in [0.2, 0.25) is 0 Å². The minimum absolute atomic E-state index is 0.113. The van der Waals surface area contributed by atoms with Crippen LogP contribution in [0.15, 0.2) is 11.4 Å². The Kier molecular flexibility index (Phi) is 3.07. The molecule has 0 atom stereocenters. The Morgan fingerprint density at radius 1 is 1.69 bits per heavy atom. The van der Waals surface area contributed by atoms with Crippen molar-refractivity contribution in [2.75, 3.05) is 13.4 Å². The van der Waals surface area contributed by atoms with Crippen molar-refractivity contribution in [1.29, 1.82) is 0 Å². The van der Waals surface area contributed by atoms with Gasteiger partial charge in [0.25, 0.3) is 5.91 Å². The minimum Gasteiger partial charge on any atom is -0.493 e. The van der Waals surface area contributed by atoms with Crippen molar-refractivity contribution in [3.8, 4) is 5.75 Å². The molecule has 70 valence electrons. The highest BCUT2D eigenvalue weighted by Crippen LogP contribution is 2.17. The first-order valence-electron chi connectivity index (χ1n) is 3.44. The van der Waals surface area contributed by atoms with Gasteiger partial charge in [-0.15, -0.1) is 0 Å². The monoisotopic (exact) mass is 199 g/mol. The third kappa shape index (κ3) is 2.09. The van der Waals surface area contributed by atoms with E-state index in [0.717, 1.165) is 0 Å². The van der Waals surface area contributed by atoms with E-state index in [1.807, 2.05) is 6.26 Å². The maximum Gasteiger partial charge on any atom is 0.271 e. The molecule has 13 heavy (non-hydrogen) atoms. The van der Waals surface area contributed by atoms with E-state index in [0.29, 0.717) is 10.9 Å². The van der Waals surface area contributed by atoms with Gasteiger partial charge in [-0.3, -0.25) is 4.79 Å². The highest BCUT2D eigenvalue weighted by molar-refractivity contribution is 7.98. The normalized spacial score (nSPS) is 9.69. The van der Waals surface area contributed by atoms with Gasteiger partial charge in [-0.25, -0.2) is 9.97 Å². The van der Waals surface area contributed by atoms with E-state index in [1.54, 1.807) is 0 Å². The molecule has 0 unspecified atom stereocenters. The Bertz CT molecular complexity index is 330. The molecule has 1 amide bonds. The van der Waals surface area contributed by atoms with E-state index in [2.05, 4.69) is 9.97 Å². The molecule has 2 N–H and O–H groups in total. The van der Waals surface area contributed by atoms with Crippen LogP contribution < -0.4 is 10.5 Å². The maximum atomic E-state index is 10.9. The predicted octanol–water partition coefficient (Wildman–Crippen LogP) is 0.306. The molecule has 0 saturated carbocycles. The van der Waals surface area contributed by atoms with Gasteiger partial charge in [0.15, 0.2) is 16.6 Å². The first-order valence-corrected chi connectivity index (χ1v) is 4.66. The van der Waals surface area contributed by atoms with Gasteiger partial charge < -0.3 is 10.5 Å². The Morgan fingerprint density at radius 3 is 2.85 bits per heavy atom. The van der Waals surface area contributed by atoms with Crippen LogP contribution in [0.25, 0.3) is 0 Å². The first kappa shape index (κ1) is 9.79. The number of methoxy groups -OCH3 is 1. The van der Waals surface area contributed by atoms with Crippen LogP contribution in [-0.4, -0.2) is 29.2 Å². The lowest BCUT2D eigenvalue weighted by atomic mass is 10.3. The average molecular weight is 199 g/mol. The van der Waals surface area contributed by atoms with E-state index in [-0.39, 0.29) is 5.69 Å². The van der Waals surface area contributed by atoms with Crippen LogP contribution in [0.5, 0.6) is 5.75 Å². The van der Waals surface area contributed by atoms with E-state index in [1.165, 1.54) is 25.1 Å². The van der Waals surface area contributed by atoms with Gasteiger partial charge in [-0.1, -0.05) is 11.8 Å². The summed E-state index contributed by atoms with van der Waals surface area (Å²) in [4.78, 5) is 18.7. The number of thioether (sulfide) groups is 1. The second kappa shape index (κ2) is 4.08. The van der Waals surface area contributed by atoms with Crippen molar-refractivity contribution >= 4 is 17.7 Å². The predicted molar refractivity (Wildman–Crippen MR) is 48.9 cm³/mol. The van der Waals surface area contributed by atoms with E-state index < -0.39 is 5.91 Å². The summed E-state index contributed by atoms with van der Waals surface area (Å²) in [5, 5.41) is 0.495. The second-order valence-electron chi connectivity index (χ2n) is 2.14. The molecule has 0 aliphatic carbocycles. The van der Waals surface area contributed by atoms with Crippen molar-refractivity contribution < 1.29 is 9.53 Å². The van der Waals surface area contributed by atoms with Crippen molar-refractivity contribution in [2.45, 2.75) is 5.16 Å². The second-order valence-corrected chi connectivity index (χ2v) is 2.91. The van der Waals surface area contributed by atoms with Gasteiger partial charge in [0, 0.05) is 0 Å². The first-order chi connectivity index (χ1) is 6.19. The van der Waals surface area contributed by atoms with Gasteiger partial charge in [-0.05, 0) is 6.26 Å². The van der Waals surface area contributed by atoms with Crippen molar-refractivity contribution in [3.05, 3.63) is 11.9 Å². The van der Waals surface area contributed by atoms with E-state index >= 15 is 0 Å². The lowest BCUT2D eigenvalue weighted by Gasteiger charge is -2.04. The fraction of sp³-hybridized carbons (Fsp3) is 0.286. The molecule has 6 heteroatoms. The summed E-state index contributed by atoms with van der Waals surface area (Å²) in [5.41, 5.74) is 5.21. The Balaban J connectivity index is 3.18. The number of ether oxygens (including phenoxy) is 1. The standard InChI is InChI=1S/C7H9N3O2S/c1-12-4-3-9-7(13-2)10-5(4)6(8)11/h3H,1-2H3,(H2,8,11). The summed E-state index contributed by atoms with van der Waals surface area (Å²) < 4.78 is 4.87. The molecule has 0 radical (unpaired) electrons. The summed E-state index contributed by atoms with van der Waals surface area (Å²) in [7, 11) is 1.43. The molecule has 0 aromatic carbocycles. The Hall–Kier alpha value is -1.30. The van der Waals surface area contributed by atoms with Crippen molar-refractivity contribution in [3.63, 3.8) is 0 Å². The molecule has 1 aromatic rings. The molecular formula is C7H9N3O2S. The fourth-order valence-corrected chi connectivity index (χ4v) is 1.12. The number of hydrogen-bond acceptors (Lipinski definition) is 5. The van der Waals surface area contributed by atoms with Gasteiger partial charge in [-0.2, -0.15) is 0 Å². The van der Waals surface area contributed by atoms with Crippen LogP contribution in [0.1, 0.15) is 10.5 Å². The van der Waals surface area contributed by atoms with Crippen LogP contribution >= 0.6 is 11.8 Å². The number of aromatic nitrogens is 2. The zero-order valence-corrected chi connectivity index (χ0v) is 8.09. The van der Waals surface area contributed by atoms with Crippen molar-refractivity contribution in [2.24, 2.45) is 5.73 Å². The van der Waals surface area contributed by atoms with Crippen LogP contribution in [-0.2, 0) is 0 Å². The fourth-order valence-electron chi connectivity index (χ4n) is 0.779. The number of hydrogen-bond donors (Lipinski definition) is 1. The highest BCUT2D eigenvalue weighted by atomic mass is 32.2. The molecule has 0 saturated heterocycles. The SMILES string of the molecule is COc1cnc(SC)nc1C(N)=O. The third-order valence-corrected chi connectivity index (χ3v) is 1.93. The Morgan fingerprint density at radius 2 is 2.38 bits per heavy atom.